The number of hydrogen-bond donors (Lipinski definition) is 0. The van der Waals surface area contributed by atoms with Gasteiger partial charge in [-0.3, -0.25) is 0 Å². The van der Waals surface area contributed by atoms with E-state index in [-0.39, 0.29) is 10.8 Å². The minimum absolute atomic E-state index is 0.250. The first-order valence-corrected chi connectivity index (χ1v) is 8.50. The van der Waals surface area contributed by atoms with E-state index in [4.69, 9.17) is 11.6 Å². The molecular weight excluding hydrogens is 288 g/mol. The van der Waals surface area contributed by atoms with Crippen molar-refractivity contribution in [3.8, 4) is 11.1 Å². The Labute approximate surface area is 139 Å². The van der Waals surface area contributed by atoms with E-state index in [9.17, 15) is 0 Å². The number of benzene rings is 2. The Morgan fingerprint density at radius 3 is 1.86 bits per heavy atom. The molecule has 0 heterocycles. The second-order valence-corrected chi connectivity index (χ2v) is 8.42. The molecule has 1 aliphatic rings. The number of aryl methyl sites for hydroxylation is 1. The molecular formula is C21H25Cl. The average molecular weight is 313 g/mol. The monoisotopic (exact) mass is 312 g/mol. The summed E-state index contributed by atoms with van der Waals surface area (Å²) < 4.78 is 0. The summed E-state index contributed by atoms with van der Waals surface area (Å²) in [5.41, 5.74) is 7.50. The molecule has 0 N–H and O–H groups in total. The van der Waals surface area contributed by atoms with Gasteiger partial charge in [0, 0.05) is 5.02 Å². The molecule has 0 aromatic heterocycles. The van der Waals surface area contributed by atoms with Gasteiger partial charge < -0.3 is 0 Å². The van der Waals surface area contributed by atoms with E-state index in [0.717, 1.165) is 5.02 Å². The van der Waals surface area contributed by atoms with Crippen LogP contribution < -0.4 is 0 Å². The summed E-state index contributed by atoms with van der Waals surface area (Å²) in [7, 11) is 0. The number of halogens is 1. The molecule has 0 aliphatic heterocycles. The summed E-state index contributed by atoms with van der Waals surface area (Å²) in [6, 6.07) is 13.0. The molecule has 0 atom stereocenters. The molecule has 2 aromatic carbocycles. The van der Waals surface area contributed by atoms with Crippen LogP contribution in [0.25, 0.3) is 11.1 Å². The normalized spacial score (nSPS) is 18.8. The van der Waals surface area contributed by atoms with Gasteiger partial charge in [-0.25, -0.2) is 0 Å². The molecule has 0 radical (unpaired) electrons. The predicted molar refractivity (Wildman–Crippen MR) is 96.9 cm³/mol. The van der Waals surface area contributed by atoms with Crippen molar-refractivity contribution in [3.05, 3.63) is 58.1 Å². The third-order valence-corrected chi connectivity index (χ3v) is 5.60. The van der Waals surface area contributed by atoms with Gasteiger partial charge >= 0.3 is 0 Å². The third-order valence-electron chi connectivity index (χ3n) is 5.35. The Bertz CT molecular complexity index is 705. The standard InChI is InChI=1S/C21H25Cl/c1-14-12-18-19(21(4,5)11-10-20(18,2)3)13-17(14)15-6-8-16(22)9-7-15/h6-9,12-13H,10-11H2,1-5H3. The Morgan fingerprint density at radius 2 is 1.32 bits per heavy atom. The van der Waals surface area contributed by atoms with Crippen molar-refractivity contribution in [2.75, 3.05) is 0 Å². The van der Waals surface area contributed by atoms with E-state index in [2.05, 4.69) is 58.9 Å². The molecule has 0 nitrogen and oxygen atoms in total. The van der Waals surface area contributed by atoms with Gasteiger partial charge in [0.25, 0.3) is 0 Å². The van der Waals surface area contributed by atoms with Crippen molar-refractivity contribution in [1.82, 2.24) is 0 Å². The van der Waals surface area contributed by atoms with Gasteiger partial charge in [-0.2, -0.15) is 0 Å². The largest absolute Gasteiger partial charge is 0.0843 e. The predicted octanol–water partition coefficient (Wildman–Crippen LogP) is 6.66. The quantitative estimate of drug-likeness (QED) is 0.552. The molecule has 1 aliphatic carbocycles. The van der Waals surface area contributed by atoms with E-state index in [0.29, 0.717) is 0 Å². The Kier molecular flexibility index (Phi) is 3.64. The molecule has 3 rings (SSSR count). The fourth-order valence-corrected chi connectivity index (χ4v) is 3.79. The fourth-order valence-electron chi connectivity index (χ4n) is 3.66. The summed E-state index contributed by atoms with van der Waals surface area (Å²) in [6.07, 6.45) is 2.50. The van der Waals surface area contributed by atoms with Crippen molar-refractivity contribution in [2.45, 2.75) is 58.3 Å². The molecule has 0 bridgehead atoms. The fraction of sp³-hybridized carbons (Fsp3) is 0.429. The summed E-state index contributed by atoms with van der Waals surface area (Å²) in [5, 5.41) is 0.792. The van der Waals surface area contributed by atoms with Crippen LogP contribution in [0.15, 0.2) is 36.4 Å². The lowest BCUT2D eigenvalue weighted by molar-refractivity contribution is 0.332. The highest BCUT2D eigenvalue weighted by atomic mass is 35.5. The van der Waals surface area contributed by atoms with Crippen LogP contribution in [0.5, 0.6) is 0 Å². The van der Waals surface area contributed by atoms with Gasteiger partial charge in [0.05, 0.1) is 0 Å². The second kappa shape index (κ2) is 5.13. The Hall–Kier alpha value is -1.27. The molecule has 0 saturated carbocycles. The van der Waals surface area contributed by atoms with Crippen LogP contribution in [0, 0.1) is 6.92 Å². The number of hydrogen-bond acceptors (Lipinski definition) is 0. The van der Waals surface area contributed by atoms with Crippen molar-refractivity contribution in [1.29, 1.82) is 0 Å². The Balaban J connectivity index is 2.22. The molecule has 116 valence electrons. The zero-order chi connectivity index (χ0) is 16.1. The van der Waals surface area contributed by atoms with Gasteiger partial charge in [-0.15, -0.1) is 0 Å². The lowest BCUT2D eigenvalue weighted by atomic mass is 9.62. The number of rotatable bonds is 1. The molecule has 22 heavy (non-hydrogen) atoms. The third kappa shape index (κ3) is 2.58. The smallest absolute Gasteiger partial charge is 0.0406 e. The van der Waals surface area contributed by atoms with Crippen LogP contribution in [0.4, 0.5) is 0 Å². The molecule has 1 heteroatoms. The minimum atomic E-state index is 0.250. The highest BCUT2D eigenvalue weighted by Crippen LogP contribution is 2.47. The maximum Gasteiger partial charge on any atom is 0.0406 e. The first-order chi connectivity index (χ1) is 10.2. The zero-order valence-electron chi connectivity index (χ0n) is 14.3. The first kappa shape index (κ1) is 15.6. The minimum Gasteiger partial charge on any atom is -0.0843 e. The van der Waals surface area contributed by atoms with Crippen molar-refractivity contribution >= 4 is 11.6 Å². The van der Waals surface area contributed by atoms with E-state index in [1.807, 2.05) is 12.1 Å². The highest BCUT2D eigenvalue weighted by molar-refractivity contribution is 6.30. The van der Waals surface area contributed by atoms with Gasteiger partial charge in [-0.05, 0) is 70.5 Å². The van der Waals surface area contributed by atoms with E-state index < -0.39 is 0 Å². The van der Waals surface area contributed by atoms with Crippen LogP contribution in [-0.4, -0.2) is 0 Å². The van der Waals surface area contributed by atoms with Gasteiger partial charge in [0.1, 0.15) is 0 Å². The van der Waals surface area contributed by atoms with Crippen LogP contribution in [0.2, 0.25) is 5.02 Å². The topological polar surface area (TPSA) is 0 Å². The average Bonchev–Trinajstić information content (AvgIpc) is 2.45. The first-order valence-electron chi connectivity index (χ1n) is 8.12. The molecule has 0 unspecified atom stereocenters. The molecule has 0 fully saturated rings. The maximum atomic E-state index is 6.04. The highest BCUT2D eigenvalue weighted by Gasteiger charge is 2.37. The van der Waals surface area contributed by atoms with E-state index >= 15 is 0 Å². The van der Waals surface area contributed by atoms with Crippen LogP contribution in [0.3, 0.4) is 0 Å². The summed E-state index contributed by atoms with van der Waals surface area (Å²) in [6.45, 7) is 11.7. The van der Waals surface area contributed by atoms with E-state index in [1.54, 1.807) is 0 Å². The SMILES string of the molecule is Cc1cc2c(cc1-c1ccc(Cl)cc1)C(C)(C)CCC2(C)C. The molecule has 0 amide bonds. The summed E-state index contributed by atoms with van der Waals surface area (Å²) in [4.78, 5) is 0. The Morgan fingerprint density at radius 1 is 0.818 bits per heavy atom. The summed E-state index contributed by atoms with van der Waals surface area (Å²) >= 11 is 6.04. The van der Waals surface area contributed by atoms with E-state index in [1.165, 1.54) is 40.7 Å². The maximum absolute atomic E-state index is 6.04. The molecule has 0 saturated heterocycles. The summed E-state index contributed by atoms with van der Waals surface area (Å²) in [5.74, 6) is 0. The van der Waals surface area contributed by atoms with Gasteiger partial charge in [-0.1, -0.05) is 63.6 Å². The van der Waals surface area contributed by atoms with Crippen LogP contribution >= 0.6 is 11.6 Å². The number of fused-ring (bicyclic) bond motifs is 1. The van der Waals surface area contributed by atoms with Crippen LogP contribution in [-0.2, 0) is 10.8 Å². The van der Waals surface area contributed by atoms with Crippen molar-refractivity contribution in [3.63, 3.8) is 0 Å². The lowest BCUT2D eigenvalue weighted by Gasteiger charge is -2.42. The lowest BCUT2D eigenvalue weighted by Crippen LogP contribution is -2.34. The van der Waals surface area contributed by atoms with Gasteiger partial charge in [0.2, 0.25) is 0 Å². The van der Waals surface area contributed by atoms with Gasteiger partial charge in [0.15, 0.2) is 0 Å². The van der Waals surface area contributed by atoms with Crippen molar-refractivity contribution < 1.29 is 0 Å². The molecule has 2 aromatic rings. The van der Waals surface area contributed by atoms with Crippen molar-refractivity contribution in [2.24, 2.45) is 0 Å². The second-order valence-electron chi connectivity index (χ2n) is 7.99. The molecule has 0 spiro atoms. The van der Waals surface area contributed by atoms with Crippen LogP contribution in [0.1, 0.15) is 57.2 Å². The zero-order valence-corrected chi connectivity index (χ0v) is 15.0.